The third kappa shape index (κ3) is 2.49. The molecule has 0 saturated heterocycles. The van der Waals surface area contributed by atoms with Crippen LogP contribution in [0, 0.1) is 5.41 Å². The van der Waals surface area contributed by atoms with E-state index in [9.17, 15) is 0 Å². The van der Waals surface area contributed by atoms with Crippen LogP contribution in [0.3, 0.4) is 0 Å². The van der Waals surface area contributed by atoms with Gasteiger partial charge in [0, 0.05) is 12.2 Å². The van der Waals surface area contributed by atoms with Gasteiger partial charge in [-0.1, -0.05) is 38.3 Å². The lowest BCUT2D eigenvalue weighted by atomic mass is 9.73. The van der Waals surface area contributed by atoms with E-state index in [0.29, 0.717) is 16.6 Å². The van der Waals surface area contributed by atoms with Crippen molar-refractivity contribution in [2.24, 2.45) is 5.41 Å². The quantitative estimate of drug-likeness (QED) is 0.785. The molecule has 3 heteroatoms. The summed E-state index contributed by atoms with van der Waals surface area (Å²) in [6.45, 7) is 4.65. The number of rotatable bonds is 2. The molecule has 0 aromatic carbocycles. The molecule has 1 aliphatic rings. The standard InChI is InChI=1S/C13H19ClN2/c1-13(2)8-4-3-7-11(13)16-10-6-5-9-15-12(10)14/h5-6,9,11,16H,3-4,7-8H2,1-2H3. The Balaban J connectivity index is 2.12. The van der Waals surface area contributed by atoms with Crippen molar-refractivity contribution in [3.05, 3.63) is 23.5 Å². The maximum absolute atomic E-state index is 6.06. The summed E-state index contributed by atoms with van der Waals surface area (Å²) in [5.74, 6) is 0. The van der Waals surface area contributed by atoms with Crippen molar-refractivity contribution >= 4 is 17.3 Å². The highest BCUT2D eigenvalue weighted by molar-refractivity contribution is 6.31. The number of anilines is 1. The van der Waals surface area contributed by atoms with E-state index < -0.39 is 0 Å². The first kappa shape index (κ1) is 11.7. The third-order valence-electron chi connectivity index (χ3n) is 3.60. The molecule has 1 unspecified atom stereocenters. The number of nitrogens with zero attached hydrogens (tertiary/aromatic N) is 1. The van der Waals surface area contributed by atoms with Gasteiger partial charge in [-0.15, -0.1) is 0 Å². The number of hydrogen-bond acceptors (Lipinski definition) is 2. The SMILES string of the molecule is CC1(C)CCCCC1Nc1cccnc1Cl. The molecule has 1 aliphatic carbocycles. The molecule has 1 saturated carbocycles. The molecule has 0 bridgehead atoms. The molecule has 0 radical (unpaired) electrons. The van der Waals surface area contributed by atoms with Gasteiger partial charge in [0.05, 0.1) is 5.69 Å². The minimum atomic E-state index is 0.345. The fourth-order valence-corrected chi connectivity index (χ4v) is 2.62. The van der Waals surface area contributed by atoms with Crippen LogP contribution in [0.25, 0.3) is 0 Å². The van der Waals surface area contributed by atoms with Gasteiger partial charge in [0.2, 0.25) is 0 Å². The molecular formula is C13H19ClN2. The van der Waals surface area contributed by atoms with Crippen LogP contribution in [-0.4, -0.2) is 11.0 Å². The number of aromatic nitrogens is 1. The van der Waals surface area contributed by atoms with Gasteiger partial charge in [-0.2, -0.15) is 0 Å². The van der Waals surface area contributed by atoms with Crippen molar-refractivity contribution in [3.63, 3.8) is 0 Å². The van der Waals surface area contributed by atoms with E-state index in [1.54, 1.807) is 6.20 Å². The van der Waals surface area contributed by atoms with E-state index in [2.05, 4.69) is 24.1 Å². The van der Waals surface area contributed by atoms with Gasteiger partial charge in [0.1, 0.15) is 0 Å². The summed E-state index contributed by atoms with van der Waals surface area (Å²) in [6.07, 6.45) is 6.87. The topological polar surface area (TPSA) is 24.9 Å². The largest absolute Gasteiger partial charge is 0.379 e. The van der Waals surface area contributed by atoms with E-state index in [1.807, 2.05) is 12.1 Å². The summed E-state index contributed by atoms with van der Waals surface area (Å²) >= 11 is 6.06. The van der Waals surface area contributed by atoms with Gasteiger partial charge in [0.25, 0.3) is 0 Å². The average Bonchev–Trinajstić information content (AvgIpc) is 2.24. The molecule has 0 amide bonds. The van der Waals surface area contributed by atoms with Gasteiger partial charge in [0.15, 0.2) is 5.15 Å². The smallest absolute Gasteiger partial charge is 0.152 e. The summed E-state index contributed by atoms with van der Waals surface area (Å²) in [5, 5.41) is 4.12. The van der Waals surface area contributed by atoms with Crippen molar-refractivity contribution in [1.82, 2.24) is 4.98 Å². The second-order valence-corrected chi connectivity index (χ2v) is 5.63. The molecule has 1 atom stereocenters. The Bertz CT molecular complexity index is 363. The maximum atomic E-state index is 6.06. The Morgan fingerprint density at radius 1 is 1.44 bits per heavy atom. The Labute approximate surface area is 102 Å². The summed E-state index contributed by atoms with van der Waals surface area (Å²) in [6, 6.07) is 4.42. The lowest BCUT2D eigenvalue weighted by Gasteiger charge is -2.39. The van der Waals surface area contributed by atoms with Crippen LogP contribution < -0.4 is 5.32 Å². The van der Waals surface area contributed by atoms with Crippen LogP contribution in [0.5, 0.6) is 0 Å². The molecular weight excluding hydrogens is 220 g/mol. The van der Waals surface area contributed by atoms with Crippen molar-refractivity contribution < 1.29 is 0 Å². The second-order valence-electron chi connectivity index (χ2n) is 5.27. The highest BCUT2D eigenvalue weighted by Crippen LogP contribution is 2.37. The number of nitrogens with one attached hydrogen (secondary N) is 1. The maximum Gasteiger partial charge on any atom is 0.152 e. The van der Waals surface area contributed by atoms with Crippen molar-refractivity contribution in [2.75, 3.05) is 5.32 Å². The monoisotopic (exact) mass is 238 g/mol. The minimum Gasteiger partial charge on any atom is -0.379 e. The molecule has 16 heavy (non-hydrogen) atoms. The van der Waals surface area contributed by atoms with Crippen molar-refractivity contribution in [1.29, 1.82) is 0 Å². The molecule has 1 fully saturated rings. The molecule has 1 heterocycles. The predicted molar refractivity (Wildman–Crippen MR) is 68.9 cm³/mol. The summed E-state index contributed by atoms with van der Waals surface area (Å²) < 4.78 is 0. The molecule has 2 rings (SSSR count). The number of halogens is 1. The van der Waals surface area contributed by atoms with Gasteiger partial charge >= 0.3 is 0 Å². The molecule has 1 aromatic rings. The van der Waals surface area contributed by atoms with Crippen LogP contribution >= 0.6 is 11.6 Å². The summed E-state index contributed by atoms with van der Waals surface area (Å²) in [4.78, 5) is 4.10. The second kappa shape index (κ2) is 4.62. The lowest BCUT2D eigenvalue weighted by molar-refractivity contribution is 0.217. The van der Waals surface area contributed by atoms with E-state index >= 15 is 0 Å². The third-order valence-corrected chi connectivity index (χ3v) is 3.90. The summed E-state index contributed by atoms with van der Waals surface area (Å²) in [7, 11) is 0. The lowest BCUT2D eigenvalue weighted by Crippen LogP contribution is -2.39. The first-order valence-corrected chi connectivity index (χ1v) is 6.34. The Hall–Kier alpha value is -0.760. The van der Waals surface area contributed by atoms with Gasteiger partial charge in [-0.05, 0) is 30.4 Å². The molecule has 1 aromatic heterocycles. The Morgan fingerprint density at radius 3 is 2.94 bits per heavy atom. The molecule has 0 aliphatic heterocycles. The highest BCUT2D eigenvalue weighted by Gasteiger charge is 2.32. The van der Waals surface area contributed by atoms with E-state index in [-0.39, 0.29) is 0 Å². The minimum absolute atomic E-state index is 0.345. The highest BCUT2D eigenvalue weighted by atomic mass is 35.5. The first-order chi connectivity index (χ1) is 7.59. The fourth-order valence-electron chi connectivity index (χ4n) is 2.44. The van der Waals surface area contributed by atoms with Crippen LogP contribution in [-0.2, 0) is 0 Å². The molecule has 1 N–H and O–H groups in total. The zero-order valence-electron chi connectivity index (χ0n) is 9.96. The Morgan fingerprint density at radius 2 is 2.25 bits per heavy atom. The number of hydrogen-bond donors (Lipinski definition) is 1. The van der Waals surface area contributed by atoms with Crippen LogP contribution in [0.4, 0.5) is 5.69 Å². The first-order valence-electron chi connectivity index (χ1n) is 5.97. The van der Waals surface area contributed by atoms with Crippen LogP contribution in [0.15, 0.2) is 18.3 Å². The zero-order chi connectivity index (χ0) is 11.6. The normalized spacial score (nSPS) is 24.1. The molecule has 88 valence electrons. The van der Waals surface area contributed by atoms with Gasteiger partial charge in [-0.25, -0.2) is 4.98 Å². The van der Waals surface area contributed by atoms with E-state index in [1.165, 1.54) is 25.7 Å². The molecule has 2 nitrogen and oxygen atoms in total. The van der Waals surface area contributed by atoms with Crippen LogP contribution in [0.2, 0.25) is 5.15 Å². The van der Waals surface area contributed by atoms with Gasteiger partial charge < -0.3 is 5.32 Å². The van der Waals surface area contributed by atoms with Crippen molar-refractivity contribution in [3.8, 4) is 0 Å². The Kier molecular flexibility index (Phi) is 3.38. The van der Waals surface area contributed by atoms with Gasteiger partial charge in [-0.3, -0.25) is 0 Å². The van der Waals surface area contributed by atoms with Crippen molar-refractivity contribution in [2.45, 2.75) is 45.6 Å². The fraction of sp³-hybridized carbons (Fsp3) is 0.615. The average molecular weight is 239 g/mol. The predicted octanol–water partition coefficient (Wildman–Crippen LogP) is 4.12. The summed E-state index contributed by atoms with van der Waals surface area (Å²) in [5.41, 5.74) is 1.31. The zero-order valence-corrected chi connectivity index (χ0v) is 10.7. The molecule has 0 spiro atoms. The number of pyridine rings is 1. The van der Waals surface area contributed by atoms with Crippen LogP contribution in [0.1, 0.15) is 39.5 Å². The van der Waals surface area contributed by atoms with E-state index in [4.69, 9.17) is 11.6 Å². The van der Waals surface area contributed by atoms with E-state index in [0.717, 1.165) is 5.69 Å².